The molecule has 0 spiro atoms. The molecular weight excluding hydrogens is 268 g/mol. The molecule has 4 rings (SSSR count). The van der Waals surface area contributed by atoms with Gasteiger partial charge in [0.1, 0.15) is 5.69 Å². The summed E-state index contributed by atoms with van der Waals surface area (Å²) in [6, 6.07) is 1.35. The van der Waals surface area contributed by atoms with Crippen LogP contribution in [0.15, 0.2) is 12.3 Å². The average molecular weight is 281 g/mol. The Hall–Kier alpha value is -1.62. The number of aromatic nitrogens is 1. The van der Waals surface area contributed by atoms with Crippen molar-refractivity contribution in [3.8, 4) is 0 Å². The van der Waals surface area contributed by atoms with Crippen LogP contribution in [0, 0.1) is 5.92 Å². The zero-order valence-electron chi connectivity index (χ0n) is 10.4. The first-order valence-corrected chi connectivity index (χ1v) is 6.51. The van der Waals surface area contributed by atoms with Crippen LogP contribution in [-0.4, -0.2) is 27.0 Å². The van der Waals surface area contributed by atoms with Crippen molar-refractivity contribution in [2.45, 2.75) is 24.8 Å². The Morgan fingerprint density at radius 2 is 2.00 bits per heavy atom. The third-order valence-electron chi connectivity index (χ3n) is 4.09. The second-order valence-electron chi connectivity index (χ2n) is 5.54. The van der Waals surface area contributed by atoms with Gasteiger partial charge in [0, 0.05) is 24.3 Å². The molecule has 2 bridgehead atoms. The quantitative estimate of drug-likeness (QED) is 0.513. The van der Waals surface area contributed by atoms with Gasteiger partial charge < -0.3 is 9.88 Å². The summed E-state index contributed by atoms with van der Waals surface area (Å²) in [4.78, 5) is 35.0. The van der Waals surface area contributed by atoms with Crippen molar-refractivity contribution in [2.24, 2.45) is 13.0 Å². The van der Waals surface area contributed by atoms with E-state index in [4.69, 9.17) is 11.6 Å². The first-order chi connectivity index (χ1) is 8.90. The van der Waals surface area contributed by atoms with E-state index in [1.165, 1.54) is 16.8 Å². The van der Waals surface area contributed by atoms with Gasteiger partial charge in [0.15, 0.2) is 0 Å². The monoisotopic (exact) mass is 280 g/mol. The lowest BCUT2D eigenvalue weighted by molar-refractivity contribution is -0.128. The molecular formula is C13H13ClN2O3. The van der Waals surface area contributed by atoms with Crippen LogP contribution in [0.5, 0.6) is 0 Å². The van der Waals surface area contributed by atoms with Gasteiger partial charge in [-0.1, -0.05) is 0 Å². The van der Waals surface area contributed by atoms with Gasteiger partial charge in [-0.3, -0.25) is 14.4 Å². The van der Waals surface area contributed by atoms with Crippen LogP contribution in [-0.2, 0) is 11.8 Å². The van der Waals surface area contributed by atoms with Crippen LogP contribution in [0.1, 0.15) is 40.1 Å². The second kappa shape index (κ2) is 3.93. The maximum atomic E-state index is 12.0. The van der Waals surface area contributed by atoms with E-state index in [-0.39, 0.29) is 16.8 Å². The summed E-state index contributed by atoms with van der Waals surface area (Å²) in [5, 5.41) is 2.15. The van der Waals surface area contributed by atoms with Crippen LogP contribution in [0.25, 0.3) is 0 Å². The van der Waals surface area contributed by atoms with E-state index >= 15 is 0 Å². The number of hydrogen-bond donors (Lipinski definition) is 1. The molecule has 1 N–H and O–H groups in total. The maximum absolute atomic E-state index is 12.0. The van der Waals surface area contributed by atoms with E-state index in [1.807, 2.05) is 0 Å². The van der Waals surface area contributed by atoms with E-state index in [9.17, 15) is 14.4 Å². The molecule has 0 unspecified atom stereocenters. The number of carbonyl (C=O) groups is 3. The molecule has 19 heavy (non-hydrogen) atoms. The maximum Gasteiger partial charge on any atom is 0.292 e. The SMILES string of the molecule is Cn1cc(C(=O)C(=O)NC23CC(C2)C3)cc1C(=O)Cl. The van der Waals surface area contributed by atoms with Crippen molar-refractivity contribution < 1.29 is 14.4 Å². The van der Waals surface area contributed by atoms with Gasteiger partial charge >= 0.3 is 0 Å². The van der Waals surface area contributed by atoms with Crippen LogP contribution < -0.4 is 5.32 Å². The largest absolute Gasteiger partial charge is 0.346 e. The molecule has 3 aliphatic rings. The van der Waals surface area contributed by atoms with Crippen LogP contribution in [0.3, 0.4) is 0 Å². The smallest absolute Gasteiger partial charge is 0.292 e. The number of rotatable bonds is 4. The molecule has 0 radical (unpaired) electrons. The Balaban J connectivity index is 1.74. The molecule has 1 aromatic rings. The molecule has 1 amide bonds. The molecule has 1 heterocycles. The molecule has 0 aromatic carbocycles. The molecule has 3 fully saturated rings. The third-order valence-corrected chi connectivity index (χ3v) is 4.29. The summed E-state index contributed by atoms with van der Waals surface area (Å²) in [6.07, 6.45) is 4.38. The number of nitrogens with zero attached hydrogens (tertiary/aromatic N) is 1. The highest BCUT2D eigenvalue weighted by atomic mass is 35.5. The zero-order chi connectivity index (χ0) is 13.8. The number of Topliss-reactive ketones (excluding diaryl/α,β-unsaturated/α-hetero) is 1. The number of halogens is 1. The molecule has 1 aromatic heterocycles. The number of aryl methyl sites for hydroxylation is 1. The topological polar surface area (TPSA) is 68.2 Å². The van der Waals surface area contributed by atoms with E-state index < -0.39 is 16.9 Å². The lowest BCUT2D eigenvalue weighted by atomic mass is 9.50. The normalized spacial score (nSPS) is 27.2. The summed E-state index contributed by atoms with van der Waals surface area (Å²) in [5.41, 5.74) is 0.260. The third kappa shape index (κ3) is 1.89. The van der Waals surface area contributed by atoms with Crippen molar-refractivity contribution in [3.05, 3.63) is 23.5 Å². The van der Waals surface area contributed by atoms with E-state index in [0.717, 1.165) is 25.2 Å². The molecule has 0 atom stereocenters. The zero-order valence-corrected chi connectivity index (χ0v) is 11.2. The van der Waals surface area contributed by atoms with E-state index in [2.05, 4.69) is 5.32 Å². The fourth-order valence-corrected chi connectivity index (χ4v) is 3.13. The van der Waals surface area contributed by atoms with E-state index in [1.54, 1.807) is 7.05 Å². The van der Waals surface area contributed by atoms with Crippen molar-refractivity contribution in [2.75, 3.05) is 0 Å². The second-order valence-corrected chi connectivity index (χ2v) is 5.88. The first-order valence-electron chi connectivity index (χ1n) is 6.13. The van der Waals surface area contributed by atoms with Crippen molar-refractivity contribution in [1.29, 1.82) is 0 Å². The highest BCUT2D eigenvalue weighted by Crippen LogP contribution is 2.56. The molecule has 0 saturated heterocycles. The number of carbonyl (C=O) groups excluding carboxylic acids is 3. The van der Waals surface area contributed by atoms with Crippen LogP contribution in [0.2, 0.25) is 0 Å². The lowest BCUT2D eigenvalue weighted by Crippen LogP contribution is -2.68. The van der Waals surface area contributed by atoms with Crippen LogP contribution in [0.4, 0.5) is 0 Å². The van der Waals surface area contributed by atoms with Gasteiger partial charge in [-0.2, -0.15) is 0 Å². The fourth-order valence-electron chi connectivity index (χ4n) is 2.94. The van der Waals surface area contributed by atoms with Crippen molar-refractivity contribution in [1.82, 2.24) is 9.88 Å². The van der Waals surface area contributed by atoms with Crippen molar-refractivity contribution >= 4 is 28.5 Å². The Morgan fingerprint density at radius 3 is 2.42 bits per heavy atom. The average Bonchev–Trinajstić information content (AvgIpc) is 2.62. The lowest BCUT2D eigenvalue weighted by Gasteiger charge is -2.61. The van der Waals surface area contributed by atoms with Gasteiger partial charge in [-0.25, -0.2) is 0 Å². The molecule has 5 nitrogen and oxygen atoms in total. The number of nitrogens with one attached hydrogen (secondary N) is 1. The predicted octanol–water partition coefficient (Wildman–Crippen LogP) is 1.26. The number of hydrogen-bond acceptors (Lipinski definition) is 3. The minimum Gasteiger partial charge on any atom is -0.346 e. The standard InChI is InChI=1S/C13H13ClN2O3/c1-16-6-8(2-9(16)11(14)18)10(17)12(19)15-13-3-7(4-13)5-13/h2,6-7H,3-5H2,1H3,(H,15,19). The number of amides is 1. The summed E-state index contributed by atoms with van der Waals surface area (Å²) in [5.74, 6) is -0.491. The highest BCUT2D eigenvalue weighted by molar-refractivity contribution is 6.67. The van der Waals surface area contributed by atoms with E-state index in [0.29, 0.717) is 0 Å². The first kappa shape index (κ1) is 12.4. The summed E-state index contributed by atoms with van der Waals surface area (Å²) >= 11 is 5.38. The minimum absolute atomic E-state index is 0.128. The van der Waals surface area contributed by atoms with Gasteiger partial charge in [0.05, 0.1) is 0 Å². The Morgan fingerprint density at radius 1 is 1.37 bits per heavy atom. The van der Waals surface area contributed by atoms with Crippen LogP contribution >= 0.6 is 11.6 Å². The predicted molar refractivity (Wildman–Crippen MR) is 68.1 cm³/mol. The van der Waals surface area contributed by atoms with Gasteiger partial charge in [0.2, 0.25) is 0 Å². The number of ketones is 1. The Labute approximate surface area is 114 Å². The summed E-state index contributed by atoms with van der Waals surface area (Å²) < 4.78 is 1.44. The minimum atomic E-state index is -0.652. The highest BCUT2D eigenvalue weighted by Gasteiger charge is 2.57. The van der Waals surface area contributed by atoms with Gasteiger partial charge in [-0.05, 0) is 42.8 Å². The fraction of sp³-hybridized carbons (Fsp3) is 0.462. The molecule has 3 aliphatic carbocycles. The van der Waals surface area contributed by atoms with Gasteiger partial charge in [0.25, 0.3) is 16.9 Å². The summed E-state index contributed by atoms with van der Waals surface area (Å²) in [6.45, 7) is 0. The molecule has 3 saturated carbocycles. The van der Waals surface area contributed by atoms with Gasteiger partial charge in [-0.15, -0.1) is 0 Å². The molecule has 6 heteroatoms. The molecule has 100 valence electrons. The molecule has 0 aliphatic heterocycles. The Kier molecular flexibility index (Phi) is 2.57. The Bertz CT molecular complexity index is 588. The summed E-state index contributed by atoms with van der Waals surface area (Å²) in [7, 11) is 1.60. The van der Waals surface area contributed by atoms with Crippen molar-refractivity contribution in [3.63, 3.8) is 0 Å².